The van der Waals surface area contributed by atoms with E-state index < -0.39 is 10.0 Å². The SMILES string of the molecule is CCOc1ccc(S(N)(=O)=O)cc1C#N. The summed E-state index contributed by atoms with van der Waals surface area (Å²) in [4.78, 5) is -0.0949. The molecule has 0 unspecified atom stereocenters. The van der Waals surface area contributed by atoms with Gasteiger partial charge >= 0.3 is 0 Å². The lowest BCUT2D eigenvalue weighted by Crippen LogP contribution is -2.12. The predicted molar refractivity (Wildman–Crippen MR) is 53.7 cm³/mol. The van der Waals surface area contributed by atoms with Crippen LogP contribution in [0, 0.1) is 11.3 Å². The second-order valence-corrected chi connectivity index (χ2v) is 4.31. The van der Waals surface area contributed by atoms with E-state index in [9.17, 15) is 8.42 Å². The van der Waals surface area contributed by atoms with Crippen LogP contribution >= 0.6 is 0 Å². The number of nitrogens with zero attached hydrogens (tertiary/aromatic N) is 1. The van der Waals surface area contributed by atoms with E-state index in [4.69, 9.17) is 15.1 Å². The summed E-state index contributed by atoms with van der Waals surface area (Å²) < 4.78 is 27.1. The van der Waals surface area contributed by atoms with Gasteiger partial charge in [0.25, 0.3) is 0 Å². The van der Waals surface area contributed by atoms with Crippen molar-refractivity contribution in [2.75, 3.05) is 6.61 Å². The molecule has 2 N–H and O–H groups in total. The fraction of sp³-hybridized carbons (Fsp3) is 0.222. The summed E-state index contributed by atoms with van der Waals surface area (Å²) in [5.74, 6) is 0.354. The van der Waals surface area contributed by atoms with Gasteiger partial charge < -0.3 is 4.74 Å². The molecule has 0 amide bonds. The fourth-order valence-corrected chi connectivity index (χ4v) is 1.59. The van der Waals surface area contributed by atoms with E-state index in [-0.39, 0.29) is 10.5 Å². The Hall–Kier alpha value is -1.58. The largest absolute Gasteiger partial charge is 0.492 e. The smallest absolute Gasteiger partial charge is 0.238 e. The molecule has 0 radical (unpaired) electrons. The zero-order valence-corrected chi connectivity index (χ0v) is 8.91. The molecule has 0 spiro atoms. The second kappa shape index (κ2) is 4.29. The van der Waals surface area contributed by atoms with E-state index in [1.54, 1.807) is 6.92 Å². The van der Waals surface area contributed by atoms with E-state index in [0.29, 0.717) is 12.4 Å². The van der Waals surface area contributed by atoms with E-state index >= 15 is 0 Å². The molecule has 0 aliphatic rings. The van der Waals surface area contributed by atoms with Crippen LogP contribution in [0.5, 0.6) is 5.75 Å². The van der Waals surface area contributed by atoms with Gasteiger partial charge in [0, 0.05) is 0 Å². The van der Waals surface area contributed by atoms with Gasteiger partial charge in [-0.2, -0.15) is 5.26 Å². The minimum Gasteiger partial charge on any atom is -0.492 e. The highest BCUT2D eigenvalue weighted by atomic mass is 32.2. The van der Waals surface area contributed by atoms with Crippen LogP contribution in [0.1, 0.15) is 12.5 Å². The maximum Gasteiger partial charge on any atom is 0.238 e. The first kappa shape index (κ1) is 11.5. The third-order valence-corrected chi connectivity index (χ3v) is 2.61. The molecule has 0 aromatic heterocycles. The van der Waals surface area contributed by atoms with E-state index in [1.165, 1.54) is 18.2 Å². The Morgan fingerprint density at radius 1 is 1.53 bits per heavy atom. The number of benzene rings is 1. The van der Waals surface area contributed by atoms with Crippen molar-refractivity contribution in [3.63, 3.8) is 0 Å². The van der Waals surface area contributed by atoms with Gasteiger partial charge in [-0.05, 0) is 25.1 Å². The minimum atomic E-state index is -3.77. The van der Waals surface area contributed by atoms with Gasteiger partial charge in [-0.1, -0.05) is 0 Å². The van der Waals surface area contributed by atoms with Crippen molar-refractivity contribution in [2.24, 2.45) is 5.14 Å². The van der Waals surface area contributed by atoms with E-state index in [0.717, 1.165) is 0 Å². The molecular formula is C9H10N2O3S. The average Bonchev–Trinajstić information content (AvgIpc) is 2.17. The number of sulfonamides is 1. The molecule has 1 aromatic carbocycles. The topological polar surface area (TPSA) is 93.2 Å². The van der Waals surface area contributed by atoms with Crippen LogP contribution in [0.3, 0.4) is 0 Å². The molecule has 0 fully saturated rings. The van der Waals surface area contributed by atoms with Gasteiger partial charge in [-0.3, -0.25) is 0 Å². The number of nitrogens with two attached hydrogens (primary N) is 1. The summed E-state index contributed by atoms with van der Waals surface area (Å²) >= 11 is 0. The zero-order chi connectivity index (χ0) is 11.5. The standard InChI is InChI=1S/C9H10N2O3S/c1-2-14-9-4-3-8(15(11,12)13)5-7(9)6-10/h3-5H,2H2,1H3,(H2,11,12,13). The van der Waals surface area contributed by atoms with Gasteiger partial charge in [0.1, 0.15) is 11.8 Å². The number of primary sulfonamides is 1. The number of rotatable bonds is 3. The lowest BCUT2D eigenvalue weighted by atomic mass is 10.2. The maximum absolute atomic E-state index is 11.0. The van der Waals surface area contributed by atoms with Crippen molar-refractivity contribution in [2.45, 2.75) is 11.8 Å². The van der Waals surface area contributed by atoms with Crippen molar-refractivity contribution in [3.05, 3.63) is 23.8 Å². The number of ether oxygens (including phenoxy) is 1. The lowest BCUT2D eigenvalue weighted by molar-refractivity contribution is 0.339. The quantitative estimate of drug-likeness (QED) is 0.816. The Morgan fingerprint density at radius 3 is 2.67 bits per heavy atom. The van der Waals surface area contributed by atoms with Crippen molar-refractivity contribution in [3.8, 4) is 11.8 Å². The van der Waals surface area contributed by atoms with Crippen LogP contribution < -0.4 is 9.88 Å². The van der Waals surface area contributed by atoms with Gasteiger partial charge in [0.05, 0.1) is 17.1 Å². The van der Waals surface area contributed by atoms with Crippen molar-refractivity contribution < 1.29 is 13.2 Å². The third kappa shape index (κ3) is 2.68. The number of hydrogen-bond donors (Lipinski definition) is 1. The molecule has 0 heterocycles. The Morgan fingerprint density at radius 2 is 2.20 bits per heavy atom. The molecule has 0 aliphatic heterocycles. The fourth-order valence-electron chi connectivity index (χ4n) is 1.05. The summed E-state index contributed by atoms with van der Waals surface area (Å²) in [7, 11) is -3.77. The summed E-state index contributed by atoms with van der Waals surface area (Å²) in [6.07, 6.45) is 0. The van der Waals surface area contributed by atoms with Crippen LogP contribution in [0.15, 0.2) is 23.1 Å². The third-order valence-electron chi connectivity index (χ3n) is 1.70. The Labute approximate surface area is 88.1 Å². The maximum atomic E-state index is 11.0. The summed E-state index contributed by atoms with van der Waals surface area (Å²) in [5.41, 5.74) is 0.156. The highest BCUT2D eigenvalue weighted by Crippen LogP contribution is 2.21. The van der Waals surface area contributed by atoms with Crippen LogP contribution in [-0.4, -0.2) is 15.0 Å². The first-order chi connectivity index (χ1) is 6.99. The van der Waals surface area contributed by atoms with Crippen LogP contribution in [0.2, 0.25) is 0 Å². The molecule has 80 valence electrons. The van der Waals surface area contributed by atoms with E-state index in [2.05, 4.69) is 0 Å². The van der Waals surface area contributed by atoms with Gasteiger partial charge in [0.15, 0.2) is 0 Å². The Bertz CT molecular complexity index is 503. The molecule has 0 saturated heterocycles. The predicted octanol–water partition coefficient (Wildman–Crippen LogP) is 0.604. The molecule has 0 atom stereocenters. The minimum absolute atomic E-state index is 0.0949. The van der Waals surface area contributed by atoms with Crippen molar-refractivity contribution in [1.29, 1.82) is 5.26 Å². The molecule has 1 aromatic rings. The molecule has 5 nitrogen and oxygen atoms in total. The summed E-state index contributed by atoms with van der Waals surface area (Å²) in [6.45, 7) is 2.18. The van der Waals surface area contributed by atoms with Crippen molar-refractivity contribution >= 4 is 10.0 Å². The normalized spacial score (nSPS) is 10.7. The van der Waals surface area contributed by atoms with Crippen LogP contribution in [-0.2, 0) is 10.0 Å². The monoisotopic (exact) mass is 226 g/mol. The molecule has 1 rings (SSSR count). The number of nitriles is 1. The summed E-state index contributed by atoms with van der Waals surface area (Å²) in [6, 6.07) is 5.77. The molecule has 6 heteroatoms. The van der Waals surface area contributed by atoms with E-state index in [1.807, 2.05) is 6.07 Å². The average molecular weight is 226 g/mol. The van der Waals surface area contributed by atoms with Crippen molar-refractivity contribution in [1.82, 2.24) is 0 Å². The number of hydrogen-bond acceptors (Lipinski definition) is 4. The van der Waals surface area contributed by atoms with Crippen LogP contribution in [0.4, 0.5) is 0 Å². The van der Waals surface area contributed by atoms with Gasteiger partial charge in [-0.25, -0.2) is 13.6 Å². The molecule has 0 aliphatic carbocycles. The zero-order valence-electron chi connectivity index (χ0n) is 8.10. The second-order valence-electron chi connectivity index (χ2n) is 2.75. The van der Waals surface area contributed by atoms with Gasteiger partial charge in [0.2, 0.25) is 10.0 Å². The molecule has 0 bridgehead atoms. The van der Waals surface area contributed by atoms with Gasteiger partial charge in [-0.15, -0.1) is 0 Å². The molecular weight excluding hydrogens is 216 g/mol. The Kier molecular flexibility index (Phi) is 3.29. The molecule has 0 saturated carbocycles. The highest BCUT2D eigenvalue weighted by Gasteiger charge is 2.11. The lowest BCUT2D eigenvalue weighted by Gasteiger charge is -2.06. The van der Waals surface area contributed by atoms with Crippen LogP contribution in [0.25, 0.3) is 0 Å². The Balaban J connectivity index is 3.27. The first-order valence-corrected chi connectivity index (χ1v) is 5.73. The molecule has 15 heavy (non-hydrogen) atoms. The highest BCUT2D eigenvalue weighted by molar-refractivity contribution is 7.89. The summed E-state index contributed by atoms with van der Waals surface area (Å²) in [5, 5.41) is 13.7. The first-order valence-electron chi connectivity index (χ1n) is 4.18.